The molecular weight excluding hydrogens is 384 g/mol. The van der Waals surface area contributed by atoms with Crippen LogP contribution in [0.5, 0.6) is 0 Å². The molecule has 2 aromatic carbocycles. The van der Waals surface area contributed by atoms with Crippen LogP contribution < -0.4 is 5.32 Å². The molecule has 0 spiro atoms. The van der Waals surface area contributed by atoms with E-state index in [9.17, 15) is 14.4 Å². The summed E-state index contributed by atoms with van der Waals surface area (Å²) in [6.07, 6.45) is 0. The number of halogens is 1. The molecule has 2 aromatic rings. The lowest BCUT2D eigenvalue weighted by molar-refractivity contribution is -0.122. The zero-order valence-corrected chi connectivity index (χ0v) is 15.5. The van der Waals surface area contributed by atoms with E-state index in [-0.39, 0.29) is 18.5 Å². The van der Waals surface area contributed by atoms with E-state index in [2.05, 4.69) is 21.2 Å². The van der Waals surface area contributed by atoms with E-state index in [0.29, 0.717) is 15.6 Å². The smallest absolute Gasteiger partial charge is 0.262 e. The van der Waals surface area contributed by atoms with Crippen LogP contribution in [-0.4, -0.2) is 29.2 Å². The van der Waals surface area contributed by atoms with E-state index >= 15 is 0 Å². The predicted molar refractivity (Wildman–Crippen MR) is 97.2 cm³/mol. The number of carbonyl (C=O) groups is 3. The summed E-state index contributed by atoms with van der Waals surface area (Å²) in [5.74, 6) is -1.26. The number of imide groups is 1. The standard InChI is InChI=1S/C19H17BrN2O3/c1-11-3-5-13(6-4-11)12(2)21-17(23)10-22-18(24)15-8-7-14(20)9-16(15)19(22)25/h3-9,12H,10H2,1-2H3,(H,21,23). The minimum atomic E-state index is -0.445. The maximum Gasteiger partial charge on any atom is 0.262 e. The van der Waals surface area contributed by atoms with E-state index in [1.807, 2.05) is 38.1 Å². The van der Waals surface area contributed by atoms with Crippen LogP contribution >= 0.6 is 15.9 Å². The van der Waals surface area contributed by atoms with Crippen LogP contribution in [0.15, 0.2) is 46.9 Å². The van der Waals surface area contributed by atoms with Gasteiger partial charge < -0.3 is 5.32 Å². The molecule has 0 saturated carbocycles. The molecule has 0 radical (unpaired) electrons. The van der Waals surface area contributed by atoms with Gasteiger partial charge in [0.05, 0.1) is 17.2 Å². The van der Waals surface area contributed by atoms with Gasteiger partial charge in [0.1, 0.15) is 6.54 Å². The molecule has 0 fully saturated rings. The first-order valence-electron chi connectivity index (χ1n) is 7.88. The average Bonchev–Trinajstić information content (AvgIpc) is 2.80. The number of fused-ring (bicyclic) bond motifs is 1. The second-order valence-electron chi connectivity index (χ2n) is 6.09. The minimum Gasteiger partial charge on any atom is -0.348 e. The Hall–Kier alpha value is -2.47. The van der Waals surface area contributed by atoms with Gasteiger partial charge in [0, 0.05) is 4.47 Å². The summed E-state index contributed by atoms with van der Waals surface area (Å²) in [4.78, 5) is 38.0. The molecule has 0 aliphatic carbocycles. The monoisotopic (exact) mass is 400 g/mol. The Morgan fingerprint density at radius 3 is 2.40 bits per heavy atom. The highest BCUT2D eigenvalue weighted by Crippen LogP contribution is 2.25. The van der Waals surface area contributed by atoms with Crippen LogP contribution in [0.1, 0.15) is 44.8 Å². The Kier molecular flexibility index (Phi) is 4.72. The third-order valence-electron chi connectivity index (χ3n) is 4.19. The number of aryl methyl sites for hydroxylation is 1. The molecule has 3 rings (SSSR count). The fourth-order valence-corrected chi connectivity index (χ4v) is 3.14. The molecule has 128 valence electrons. The maximum absolute atomic E-state index is 12.4. The number of nitrogens with zero attached hydrogens (tertiary/aromatic N) is 1. The fourth-order valence-electron chi connectivity index (χ4n) is 2.78. The topological polar surface area (TPSA) is 66.5 Å². The minimum absolute atomic E-state index is 0.211. The summed E-state index contributed by atoms with van der Waals surface area (Å²) in [6.45, 7) is 3.57. The molecule has 0 saturated heterocycles. The molecule has 5 nitrogen and oxygen atoms in total. The third-order valence-corrected chi connectivity index (χ3v) is 4.68. The van der Waals surface area contributed by atoms with Crippen molar-refractivity contribution in [3.05, 3.63) is 69.2 Å². The number of rotatable bonds is 4. The quantitative estimate of drug-likeness (QED) is 0.801. The molecule has 1 aliphatic rings. The van der Waals surface area contributed by atoms with Crippen molar-refractivity contribution in [3.8, 4) is 0 Å². The van der Waals surface area contributed by atoms with Crippen LogP contribution in [0.25, 0.3) is 0 Å². The van der Waals surface area contributed by atoms with Crippen molar-refractivity contribution < 1.29 is 14.4 Å². The number of hydrogen-bond acceptors (Lipinski definition) is 3. The molecule has 1 atom stereocenters. The van der Waals surface area contributed by atoms with Crippen molar-refractivity contribution in [3.63, 3.8) is 0 Å². The summed E-state index contributed by atoms with van der Waals surface area (Å²) in [7, 11) is 0. The van der Waals surface area contributed by atoms with Crippen LogP contribution in [0.4, 0.5) is 0 Å². The van der Waals surface area contributed by atoms with Crippen molar-refractivity contribution in [1.29, 1.82) is 0 Å². The summed E-state index contributed by atoms with van der Waals surface area (Å²) >= 11 is 3.29. The number of nitrogens with one attached hydrogen (secondary N) is 1. The lowest BCUT2D eigenvalue weighted by atomic mass is 10.1. The SMILES string of the molecule is Cc1ccc(C(C)NC(=O)CN2C(=O)c3ccc(Br)cc3C2=O)cc1. The molecule has 0 aromatic heterocycles. The van der Waals surface area contributed by atoms with Crippen molar-refractivity contribution >= 4 is 33.7 Å². The lowest BCUT2D eigenvalue weighted by Crippen LogP contribution is -2.41. The summed E-state index contributed by atoms with van der Waals surface area (Å²) in [5.41, 5.74) is 2.75. The third kappa shape index (κ3) is 3.49. The van der Waals surface area contributed by atoms with Gasteiger partial charge in [-0.05, 0) is 37.6 Å². The van der Waals surface area contributed by atoms with Gasteiger partial charge in [0.2, 0.25) is 5.91 Å². The van der Waals surface area contributed by atoms with Crippen LogP contribution in [0, 0.1) is 6.92 Å². The zero-order valence-electron chi connectivity index (χ0n) is 13.9. The molecule has 1 unspecified atom stereocenters. The molecule has 1 heterocycles. The Balaban J connectivity index is 1.68. The number of carbonyl (C=O) groups excluding carboxylic acids is 3. The van der Waals surface area contributed by atoms with E-state index in [1.54, 1.807) is 18.2 Å². The molecule has 6 heteroatoms. The Morgan fingerprint density at radius 1 is 1.08 bits per heavy atom. The van der Waals surface area contributed by atoms with E-state index in [4.69, 9.17) is 0 Å². The van der Waals surface area contributed by atoms with Crippen molar-refractivity contribution in [2.45, 2.75) is 19.9 Å². The first kappa shape index (κ1) is 17.4. The molecule has 25 heavy (non-hydrogen) atoms. The Labute approximate surface area is 154 Å². The van der Waals surface area contributed by atoms with Crippen molar-refractivity contribution in [2.75, 3.05) is 6.54 Å². The zero-order chi connectivity index (χ0) is 18.1. The predicted octanol–water partition coefficient (Wildman–Crippen LogP) is 3.23. The Morgan fingerprint density at radius 2 is 1.72 bits per heavy atom. The van der Waals surface area contributed by atoms with Gasteiger partial charge in [0.15, 0.2) is 0 Å². The van der Waals surface area contributed by atoms with Gasteiger partial charge in [-0.1, -0.05) is 45.8 Å². The molecular formula is C19H17BrN2O3. The normalized spacial score (nSPS) is 14.4. The fraction of sp³-hybridized carbons (Fsp3) is 0.211. The number of hydrogen-bond donors (Lipinski definition) is 1. The number of benzene rings is 2. The maximum atomic E-state index is 12.4. The van der Waals surface area contributed by atoms with E-state index in [1.165, 1.54) is 0 Å². The molecule has 1 N–H and O–H groups in total. The number of amides is 3. The van der Waals surface area contributed by atoms with Crippen LogP contribution in [0.3, 0.4) is 0 Å². The summed E-state index contributed by atoms with van der Waals surface area (Å²) in [6, 6.07) is 12.5. The summed E-state index contributed by atoms with van der Waals surface area (Å²) in [5, 5.41) is 2.83. The first-order valence-corrected chi connectivity index (χ1v) is 8.68. The van der Waals surface area contributed by atoms with Crippen LogP contribution in [0.2, 0.25) is 0 Å². The van der Waals surface area contributed by atoms with E-state index < -0.39 is 11.8 Å². The Bertz CT molecular complexity index is 861. The lowest BCUT2D eigenvalue weighted by Gasteiger charge is -2.18. The molecule has 1 aliphatic heterocycles. The van der Waals surface area contributed by atoms with Crippen molar-refractivity contribution in [1.82, 2.24) is 10.2 Å². The first-order chi connectivity index (χ1) is 11.9. The highest BCUT2D eigenvalue weighted by Gasteiger charge is 2.36. The van der Waals surface area contributed by atoms with Gasteiger partial charge in [0.25, 0.3) is 11.8 Å². The summed E-state index contributed by atoms with van der Waals surface area (Å²) < 4.78 is 0.715. The van der Waals surface area contributed by atoms with E-state index in [0.717, 1.165) is 16.0 Å². The largest absolute Gasteiger partial charge is 0.348 e. The van der Waals surface area contributed by atoms with Gasteiger partial charge in [-0.15, -0.1) is 0 Å². The highest BCUT2D eigenvalue weighted by atomic mass is 79.9. The van der Waals surface area contributed by atoms with Gasteiger partial charge in [-0.25, -0.2) is 0 Å². The van der Waals surface area contributed by atoms with Gasteiger partial charge >= 0.3 is 0 Å². The van der Waals surface area contributed by atoms with Gasteiger partial charge in [-0.3, -0.25) is 19.3 Å². The van der Waals surface area contributed by atoms with Gasteiger partial charge in [-0.2, -0.15) is 0 Å². The van der Waals surface area contributed by atoms with Crippen LogP contribution in [-0.2, 0) is 4.79 Å². The second kappa shape index (κ2) is 6.80. The molecule has 0 bridgehead atoms. The second-order valence-corrected chi connectivity index (χ2v) is 7.00. The average molecular weight is 401 g/mol. The highest BCUT2D eigenvalue weighted by molar-refractivity contribution is 9.10. The molecule has 3 amide bonds. The van der Waals surface area contributed by atoms with Crippen molar-refractivity contribution in [2.24, 2.45) is 0 Å².